The third-order valence-electron chi connectivity index (χ3n) is 5.80. The number of halogens is 1. The standard InChI is InChI=1S/C19H22ClN3O4/c1-10(7-19(13-3-4-13)17(25)21-18(26)22-19)16(24)23-8-11-5-14(20)15(27-2)6-12(11)9-23/h5-6,10,13H,3-4,7-9H2,1-2H3,(H2,21,22,25,26)/t10?,19-/m0/s1. The van der Waals surface area contributed by atoms with Gasteiger partial charge in [-0.05, 0) is 48.4 Å². The van der Waals surface area contributed by atoms with Gasteiger partial charge in [0.2, 0.25) is 5.91 Å². The number of hydrogen-bond donors (Lipinski definition) is 2. The van der Waals surface area contributed by atoms with Crippen LogP contribution in [-0.4, -0.2) is 35.4 Å². The highest BCUT2D eigenvalue weighted by Gasteiger charge is 2.56. The van der Waals surface area contributed by atoms with Gasteiger partial charge in [-0.2, -0.15) is 0 Å². The summed E-state index contributed by atoms with van der Waals surface area (Å²) in [4.78, 5) is 38.9. The van der Waals surface area contributed by atoms with E-state index in [1.54, 1.807) is 12.0 Å². The lowest BCUT2D eigenvalue weighted by atomic mass is 9.83. The number of methoxy groups -OCH3 is 1. The van der Waals surface area contributed by atoms with E-state index in [0.717, 1.165) is 24.0 Å². The summed E-state index contributed by atoms with van der Waals surface area (Å²) in [6.07, 6.45) is 2.09. The maximum Gasteiger partial charge on any atom is 0.322 e. The zero-order chi connectivity index (χ0) is 19.3. The van der Waals surface area contributed by atoms with Crippen molar-refractivity contribution in [2.24, 2.45) is 11.8 Å². The summed E-state index contributed by atoms with van der Waals surface area (Å²) < 4.78 is 5.25. The Morgan fingerprint density at radius 3 is 2.56 bits per heavy atom. The molecule has 2 N–H and O–H groups in total. The van der Waals surface area contributed by atoms with E-state index in [9.17, 15) is 14.4 Å². The molecule has 1 unspecified atom stereocenters. The molecule has 144 valence electrons. The zero-order valence-corrected chi connectivity index (χ0v) is 16.1. The number of ether oxygens (including phenoxy) is 1. The molecule has 27 heavy (non-hydrogen) atoms. The molecule has 1 aromatic carbocycles. The highest BCUT2D eigenvalue weighted by Crippen LogP contribution is 2.45. The lowest BCUT2D eigenvalue weighted by Gasteiger charge is -2.30. The summed E-state index contributed by atoms with van der Waals surface area (Å²) in [5.41, 5.74) is 1.07. The number of carbonyl (C=O) groups is 3. The third-order valence-corrected chi connectivity index (χ3v) is 6.10. The van der Waals surface area contributed by atoms with Crippen LogP contribution >= 0.6 is 11.6 Å². The summed E-state index contributed by atoms with van der Waals surface area (Å²) >= 11 is 6.19. The molecule has 8 heteroatoms. The second-order valence-electron chi connectivity index (χ2n) is 7.71. The fourth-order valence-corrected chi connectivity index (χ4v) is 4.54. The Morgan fingerprint density at radius 2 is 2.00 bits per heavy atom. The van der Waals surface area contributed by atoms with E-state index in [1.807, 2.05) is 19.1 Å². The number of amides is 4. The van der Waals surface area contributed by atoms with E-state index in [-0.39, 0.29) is 23.7 Å². The molecule has 4 rings (SSSR count). The first-order chi connectivity index (χ1) is 12.8. The average Bonchev–Trinajstić information content (AvgIpc) is 3.34. The lowest BCUT2D eigenvalue weighted by Crippen LogP contribution is -2.51. The zero-order valence-electron chi connectivity index (χ0n) is 15.3. The first-order valence-electron chi connectivity index (χ1n) is 9.11. The van der Waals surface area contributed by atoms with Crippen LogP contribution in [0.4, 0.5) is 4.79 Å². The Balaban J connectivity index is 1.48. The number of nitrogens with zero attached hydrogens (tertiary/aromatic N) is 1. The molecule has 2 fully saturated rings. The van der Waals surface area contributed by atoms with Gasteiger partial charge >= 0.3 is 6.03 Å². The normalized spacial score (nSPS) is 25.1. The van der Waals surface area contributed by atoms with Crippen LogP contribution in [-0.2, 0) is 22.7 Å². The molecule has 1 aromatic rings. The minimum absolute atomic E-state index is 0.0322. The van der Waals surface area contributed by atoms with Crippen LogP contribution < -0.4 is 15.4 Å². The van der Waals surface area contributed by atoms with Gasteiger partial charge in [-0.25, -0.2) is 4.79 Å². The maximum atomic E-state index is 13.0. The summed E-state index contributed by atoms with van der Waals surface area (Å²) in [5.74, 6) is -0.0265. The fraction of sp³-hybridized carbons (Fsp3) is 0.526. The number of carbonyl (C=O) groups excluding carboxylic acids is 3. The molecule has 2 heterocycles. The summed E-state index contributed by atoms with van der Waals surface area (Å²) in [5, 5.41) is 5.65. The molecule has 3 aliphatic rings. The van der Waals surface area contributed by atoms with Gasteiger partial charge in [-0.1, -0.05) is 18.5 Å². The number of urea groups is 1. The second-order valence-corrected chi connectivity index (χ2v) is 8.12. The Labute approximate surface area is 162 Å². The molecule has 4 amide bonds. The number of benzene rings is 1. The number of rotatable bonds is 5. The van der Waals surface area contributed by atoms with E-state index in [0.29, 0.717) is 30.3 Å². The molecule has 1 saturated heterocycles. The number of fused-ring (bicyclic) bond motifs is 1. The van der Waals surface area contributed by atoms with Crippen molar-refractivity contribution in [2.45, 2.75) is 44.8 Å². The predicted molar refractivity (Wildman–Crippen MR) is 98.2 cm³/mol. The minimum atomic E-state index is -0.953. The topological polar surface area (TPSA) is 87.7 Å². The van der Waals surface area contributed by atoms with Crippen LogP contribution in [0.25, 0.3) is 0 Å². The van der Waals surface area contributed by atoms with Gasteiger partial charge in [-0.15, -0.1) is 0 Å². The fourth-order valence-electron chi connectivity index (χ4n) is 4.27. The van der Waals surface area contributed by atoms with Gasteiger partial charge in [0.25, 0.3) is 5.91 Å². The largest absolute Gasteiger partial charge is 0.495 e. The van der Waals surface area contributed by atoms with Gasteiger partial charge in [0.05, 0.1) is 12.1 Å². The summed E-state index contributed by atoms with van der Waals surface area (Å²) in [7, 11) is 1.56. The van der Waals surface area contributed by atoms with Crippen molar-refractivity contribution in [3.05, 3.63) is 28.3 Å². The highest BCUT2D eigenvalue weighted by molar-refractivity contribution is 6.32. The van der Waals surface area contributed by atoms with Crippen LogP contribution in [0.15, 0.2) is 12.1 Å². The van der Waals surface area contributed by atoms with E-state index in [2.05, 4.69) is 10.6 Å². The number of hydrogen-bond acceptors (Lipinski definition) is 4. The molecular formula is C19H22ClN3O4. The Kier molecular flexibility index (Phi) is 4.29. The number of imide groups is 1. The van der Waals surface area contributed by atoms with E-state index in [4.69, 9.17) is 16.3 Å². The molecule has 1 saturated carbocycles. The molecule has 0 bridgehead atoms. The summed E-state index contributed by atoms with van der Waals surface area (Å²) in [6.45, 7) is 2.79. The SMILES string of the molecule is COc1cc2c(cc1Cl)CN(C(=O)C(C)C[C@@]1(C3CC3)NC(=O)NC1=O)C2. The molecule has 7 nitrogen and oxygen atoms in total. The van der Waals surface area contributed by atoms with Gasteiger partial charge < -0.3 is 15.0 Å². The van der Waals surface area contributed by atoms with Crippen molar-refractivity contribution in [3.8, 4) is 5.75 Å². The molecule has 1 aliphatic carbocycles. The Morgan fingerprint density at radius 1 is 1.33 bits per heavy atom. The van der Waals surface area contributed by atoms with Gasteiger partial charge in [0.15, 0.2) is 0 Å². The first kappa shape index (κ1) is 18.1. The molecule has 2 aliphatic heterocycles. The van der Waals surface area contributed by atoms with Crippen molar-refractivity contribution in [2.75, 3.05) is 7.11 Å². The quantitative estimate of drug-likeness (QED) is 0.753. The van der Waals surface area contributed by atoms with E-state index >= 15 is 0 Å². The molecule has 2 atom stereocenters. The van der Waals surface area contributed by atoms with E-state index in [1.165, 1.54) is 0 Å². The summed E-state index contributed by atoms with van der Waals surface area (Å²) in [6, 6.07) is 3.23. The van der Waals surface area contributed by atoms with E-state index < -0.39 is 11.6 Å². The first-order valence-corrected chi connectivity index (χ1v) is 9.49. The van der Waals surface area contributed by atoms with Gasteiger partial charge in [0, 0.05) is 19.0 Å². The minimum Gasteiger partial charge on any atom is -0.495 e. The molecule has 0 spiro atoms. The maximum absolute atomic E-state index is 13.0. The highest BCUT2D eigenvalue weighted by atomic mass is 35.5. The second kappa shape index (κ2) is 6.41. The van der Waals surface area contributed by atoms with Gasteiger partial charge in [0.1, 0.15) is 11.3 Å². The Bertz CT molecular complexity index is 838. The van der Waals surface area contributed by atoms with Crippen molar-refractivity contribution in [1.29, 1.82) is 0 Å². The average molecular weight is 392 g/mol. The number of nitrogens with one attached hydrogen (secondary N) is 2. The van der Waals surface area contributed by atoms with Crippen molar-refractivity contribution in [1.82, 2.24) is 15.5 Å². The van der Waals surface area contributed by atoms with Crippen LogP contribution in [0.1, 0.15) is 37.3 Å². The van der Waals surface area contributed by atoms with Gasteiger partial charge in [-0.3, -0.25) is 14.9 Å². The lowest BCUT2D eigenvalue weighted by molar-refractivity contribution is -0.137. The Hall–Kier alpha value is -2.28. The van der Waals surface area contributed by atoms with Crippen molar-refractivity contribution < 1.29 is 19.1 Å². The molecule has 0 radical (unpaired) electrons. The third kappa shape index (κ3) is 3.04. The predicted octanol–water partition coefficient (Wildman–Crippen LogP) is 2.21. The van der Waals surface area contributed by atoms with Crippen LogP contribution in [0.2, 0.25) is 5.02 Å². The smallest absolute Gasteiger partial charge is 0.322 e. The molecule has 0 aromatic heterocycles. The van der Waals surface area contributed by atoms with Crippen molar-refractivity contribution >= 4 is 29.4 Å². The van der Waals surface area contributed by atoms with Crippen molar-refractivity contribution in [3.63, 3.8) is 0 Å². The monoisotopic (exact) mass is 391 g/mol. The van der Waals surface area contributed by atoms with Crippen LogP contribution in [0.3, 0.4) is 0 Å². The van der Waals surface area contributed by atoms with Crippen LogP contribution in [0.5, 0.6) is 5.75 Å². The molecular weight excluding hydrogens is 370 g/mol. The van der Waals surface area contributed by atoms with Crippen LogP contribution in [0, 0.1) is 11.8 Å².